The molecule has 0 aromatic heterocycles. The number of nitrogens with one attached hydrogen (secondary N) is 2. The number of nitrogens with two attached hydrogens (primary N) is 1. The van der Waals surface area contributed by atoms with Crippen molar-refractivity contribution in [3.05, 3.63) is 29.8 Å². The van der Waals surface area contributed by atoms with Crippen molar-refractivity contribution in [2.45, 2.75) is 12.8 Å². The molecule has 0 bridgehead atoms. The third-order valence-corrected chi connectivity index (χ3v) is 3.41. The predicted octanol–water partition coefficient (Wildman–Crippen LogP) is 0.0881. The van der Waals surface area contributed by atoms with E-state index in [4.69, 9.17) is 15.9 Å². The summed E-state index contributed by atoms with van der Waals surface area (Å²) in [5.74, 6) is -0.222. The molecule has 2 rings (SSSR count). The summed E-state index contributed by atoms with van der Waals surface area (Å²) in [5, 5.41) is 9.82. The Labute approximate surface area is 128 Å². The molecule has 1 fully saturated rings. The van der Waals surface area contributed by atoms with Crippen LogP contribution in [0.15, 0.2) is 24.3 Å². The van der Waals surface area contributed by atoms with Crippen LogP contribution in [0.3, 0.4) is 0 Å². The van der Waals surface area contributed by atoms with Gasteiger partial charge in [-0.3, -0.25) is 15.0 Å². The van der Waals surface area contributed by atoms with E-state index in [0.29, 0.717) is 31.8 Å². The lowest BCUT2D eigenvalue weighted by atomic mass is 10.2. The standard InChI is InChI=1S/C15H20N4O3/c16-13(17)11-3-5-12(6-4-11)22-10-2-1-8-19-9-7-18-14(20)15(19)21/h3-6H,1-2,7-10H2,(H3,16,17)(H,18,20). The average Bonchev–Trinajstić information content (AvgIpc) is 2.51. The number of nitrogen functional groups attached to an aromatic ring is 1. The van der Waals surface area contributed by atoms with E-state index < -0.39 is 11.8 Å². The second-order valence-corrected chi connectivity index (χ2v) is 5.04. The van der Waals surface area contributed by atoms with Crippen molar-refractivity contribution in [1.82, 2.24) is 10.2 Å². The van der Waals surface area contributed by atoms with E-state index in [2.05, 4.69) is 5.32 Å². The van der Waals surface area contributed by atoms with Gasteiger partial charge in [-0.2, -0.15) is 0 Å². The Kier molecular flexibility index (Phi) is 5.35. The van der Waals surface area contributed by atoms with Crippen LogP contribution in [0.4, 0.5) is 0 Å². The summed E-state index contributed by atoms with van der Waals surface area (Å²) in [4.78, 5) is 24.3. The highest BCUT2D eigenvalue weighted by Crippen LogP contribution is 2.12. The summed E-state index contributed by atoms with van der Waals surface area (Å²) >= 11 is 0. The van der Waals surface area contributed by atoms with Crippen LogP contribution in [-0.4, -0.2) is 48.8 Å². The number of unbranched alkanes of at least 4 members (excludes halogenated alkanes) is 1. The van der Waals surface area contributed by atoms with E-state index in [0.717, 1.165) is 18.6 Å². The average molecular weight is 304 g/mol. The molecule has 7 nitrogen and oxygen atoms in total. The van der Waals surface area contributed by atoms with Crippen LogP contribution in [0.25, 0.3) is 0 Å². The van der Waals surface area contributed by atoms with Gasteiger partial charge in [0.2, 0.25) is 0 Å². The molecule has 4 N–H and O–H groups in total. The zero-order chi connectivity index (χ0) is 15.9. The fraction of sp³-hybridized carbons (Fsp3) is 0.400. The molecule has 0 unspecified atom stereocenters. The minimum Gasteiger partial charge on any atom is -0.494 e. The number of carbonyl (C=O) groups is 2. The third kappa shape index (κ3) is 4.21. The Morgan fingerprint density at radius 2 is 2.00 bits per heavy atom. The first-order chi connectivity index (χ1) is 10.6. The molecule has 1 aliphatic heterocycles. The van der Waals surface area contributed by atoms with Crippen LogP contribution in [0.5, 0.6) is 5.75 Å². The number of benzene rings is 1. The van der Waals surface area contributed by atoms with Gasteiger partial charge in [-0.15, -0.1) is 0 Å². The largest absolute Gasteiger partial charge is 0.494 e. The Hall–Kier alpha value is -2.57. The number of amidine groups is 1. The third-order valence-electron chi connectivity index (χ3n) is 3.41. The minimum absolute atomic E-state index is 0.0294. The SMILES string of the molecule is N=C(N)c1ccc(OCCCCN2CCNC(=O)C2=O)cc1. The Morgan fingerprint density at radius 1 is 1.27 bits per heavy atom. The first kappa shape index (κ1) is 15.8. The molecular formula is C15H20N4O3. The number of hydrogen-bond donors (Lipinski definition) is 3. The van der Waals surface area contributed by atoms with Crippen LogP contribution in [0.2, 0.25) is 0 Å². The summed E-state index contributed by atoms with van der Waals surface area (Å²) in [5.41, 5.74) is 6.04. The molecule has 0 atom stereocenters. The second-order valence-electron chi connectivity index (χ2n) is 5.04. The zero-order valence-corrected chi connectivity index (χ0v) is 12.3. The zero-order valence-electron chi connectivity index (χ0n) is 12.3. The number of piperazine rings is 1. The first-order valence-electron chi connectivity index (χ1n) is 7.22. The lowest BCUT2D eigenvalue weighted by Crippen LogP contribution is -2.52. The van der Waals surface area contributed by atoms with E-state index in [1.165, 1.54) is 0 Å². The maximum atomic E-state index is 11.6. The summed E-state index contributed by atoms with van der Waals surface area (Å²) in [7, 11) is 0. The van der Waals surface area contributed by atoms with Crippen molar-refractivity contribution >= 4 is 17.6 Å². The van der Waals surface area contributed by atoms with E-state index >= 15 is 0 Å². The van der Waals surface area contributed by atoms with Gasteiger partial charge in [-0.05, 0) is 37.1 Å². The highest BCUT2D eigenvalue weighted by atomic mass is 16.5. The lowest BCUT2D eigenvalue weighted by Gasteiger charge is -2.26. The van der Waals surface area contributed by atoms with Gasteiger partial charge in [0.05, 0.1) is 6.61 Å². The number of hydrogen-bond acceptors (Lipinski definition) is 4. The van der Waals surface area contributed by atoms with Crippen molar-refractivity contribution in [3.63, 3.8) is 0 Å². The number of rotatable bonds is 7. The minimum atomic E-state index is -0.520. The molecule has 118 valence electrons. The quantitative estimate of drug-likeness (QED) is 0.287. The fourth-order valence-electron chi connectivity index (χ4n) is 2.16. The van der Waals surface area contributed by atoms with Gasteiger partial charge < -0.3 is 20.7 Å². The van der Waals surface area contributed by atoms with Gasteiger partial charge in [0, 0.05) is 25.2 Å². The van der Waals surface area contributed by atoms with E-state index in [-0.39, 0.29) is 5.84 Å². The van der Waals surface area contributed by atoms with E-state index in [1.54, 1.807) is 29.2 Å². The summed E-state index contributed by atoms with van der Waals surface area (Å²) < 4.78 is 5.58. The Morgan fingerprint density at radius 3 is 2.68 bits per heavy atom. The summed E-state index contributed by atoms with van der Waals surface area (Å²) in [6.07, 6.45) is 1.57. The van der Waals surface area contributed by atoms with Gasteiger partial charge in [-0.1, -0.05) is 0 Å². The van der Waals surface area contributed by atoms with Crippen molar-refractivity contribution < 1.29 is 14.3 Å². The molecule has 7 heteroatoms. The van der Waals surface area contributed by atoms with Crippen LogP contribution in [-0.2, 0) is 9.59 Å². The molecule has 0 spiro atoms. The fourth-order valence-corrected chi connectivity index (χ4v) is 2.16. The number of carbonyl (C=O) groups excluding carboxylic acids is 2. The van der Waals surface area contributed by atoms with Crippen LogP contribution in [0.1, 0.15) is 18.4 Å². The smallest absolute Gasteiger partial charge is 0.311 e. The maximum absolute atomic E-state index is 11.6. The number of nitrogens with zero attached hydrogens (tertiary/aromatic N) is 1. The highest BCUT2D eigenvalue weighted by molar-refractivity contribution is 6.35. The van der Waals surface area contributed by atoms with Crippen molar-refractivity contribution in [1.29, 1.82) is 5.41 Å². The molecule has 1 aliphatic rings. The first-order valence-corrected chi connectivity index (χ1v) is 7.22. The molecule has 0 aliphatic carbocycles. The molecule has 1 heterocycles. The predicted molar refractivity (Wildman–Crippen MR) is 81.8 cm³/mol. The lowest BCUT2D eigenvalue weighted by molar-refractivity contribution is -0.148. The Bertz CT molecular complexity index is 556. The molecule has 0 saturated carbocycles. The molecule has 0 radical (unpaired) electrons. The summed E-state index contributed by atoms with van der Waals surface area (Å²) in [6, 6.07) is 7.02. The van der Waals surface area contributed by atoms with Gasteiger partial charge in [0.1, 0.15) is 11.6 Å². The van der Waals surface area contributed by atoms with E-state index in [1.807, 2.05) is 0 Å². The van der Waals surface area contributed by atoms with Crippen molar-refractivity contribution in [2.75, 3.05) is 26.2 Å². The van der Waals surface area contributed by atoms with Crippen molar-refractivity contribution in [3.8, 4) is 5.75 Å². The highest BCUT2D eigenvalue weighted by Gasteiger charge is 2.25. The maximum Gasteiger partial charge on any atom is 0.311 e. The Balaban J connectivity index is 1.66. The number of amides is 2. The van der Waals surface area contributed by atoms with Crippen molar-refractivity contribution in [2.24, 2.45) is 5.73 Å². The van der Waals surface area contributed by atoms with Crippen LogP contribution < -0.4 is 15.8 Å². The van der Waals surface area contributed by atoms with Gasteiger partial charge in [0.15, 0.2) is 0 Å². The molecule has 1 aromatic carbocycles. The monoisotopic (exact) mass is 304 g/mol. The molecule has 2 amide bonds. The van der Waals surface area contributed by atoms with E-state index in [9.17, 15) is 9.59 Å². The van der Waals surface area contributed by atoms with Gasteiger partial charge in [-0.25, -0.2) is 0 Å². The van der Waals surface area contributed by atoms with Gasteiger partial charge in [0.25, 0.3) is 0 Å². The molecular weight excluding hydrogens is 284 g/mol. The molecule has 22 heavy (non-hydrogen) atoms. The molecule has 1 aromatic rings. The summed E-state index contributed by atoms with van der Waals surface area (Å²) in [6.45, 7) is 2.19. The molecule has 1 saturated heterocycles. The van der Waals surface area contributed by atoms with Crippen LogP contribution in [0, 0.1) is 5.41 Å². The normalized spacial score (nSPS) is 14.6. The van der Waals surface area contributed by atoms with Gasteiger partial charge >= 0.3 is 11.8 Å². The topological polar surface area (TPSA) is 109 Å². The van der Waals surface area contributed by atoms with Crippen LogP contribution >= 0.6 is 0 Å². The number of ether oxygens (including phenoxy) is 1. The second kappa shape index (κ2) is 7.44.